The maximum absolute atomic E-state index is 13.0. The molecule has 5 nitrogen and oxygen atoms in total. The number of aromatic carboxylic acids is 1. The third kappa shape index (κ3) is 3.84. The number of rotatable bonds is 4. The Hall–Kier alpha value is -2.76. The number of nitrogens with zero attached hydrogens (tertiary/aromatic N) is 2. The molecule has 1 atom stereocenters. The highest BCUT2D eigenvalue weighted by Crippen LogP contribution is 2.22. The van der Waals surface area contributed by atoms with Crippen LogP contribution in [0, 0.1) is 18.7 Å². The number of carboxylic acids is 1. The van der Waals surface area contributed by atoms with Crippen LogP contribution in [0.15, 0.2) is 36.4 Å². The van der Waals surface area contributed by atoms with E-state index >= 15 is 0 Å². The van der Waals surface area contributed by atoms with Crippen molar-refractivity contribution in [2.24, 2.45) is 5.92 Å². The molecule has 130 valence electrons. The van der Waals surface area contributed by atoms with Crippen molar-refractivity contribution in [1.82, 2.24) is 9.88 Å². The van der Waals surface area contributed by atoms with Crippen LogP contribution in [-0.4, -0.2) is 40.0 Å². The summed E-state index contributed by atoms with van der Waals surface area (Å²) in [6, 6.07) is 9.33. The van der Waals surface area contributed by atoms with Crippen LogP contribution < -0.4 is 0 Å². The second-order valence-corrected chi connectivity index (χ2v) is 6.37. The first kappa shape index (κ1) is 17.1. The van der Waals surface area contributed by atoms with Gasteiger partial charge in [0.05, 0.1) is 11.3 Å². The smallest absolute Gasteiger partial charge is 0.337 e. The van der Waals surface area contributed by atoms with E-state index in [9.17, 15) is 14.0 Å². The van der Waals surface area contributed by atoms with Gasteiger partial charge in [-0.3, -0.25) is 4.79 Å². The molecule has 1 aliphatic heterocycles. The number of carboxylic acid groups (broad SMARTS) is 1. The predicted octanol–water partition coefficient (Wildman–Crippen LogP) is 2.93. The van der Waals surface area contributed by atoms with Crippen molar-refractivity contribution in [3.05, 3.63) is 64.7 Å². The quantitative estimate of drug-likeness (QED) is 0.927. The standard InChI is InChI=1S/C19H19FN2O3/c1-12-16(19(24)25)6-7-17(21-12)18(23)22-9-8-14(11-22)10-13-2-4-15(20)5-3-13/h2-7,14H,8-11H2,1H3,(H,24,25). The van der Waals surface area contributed by atoms with E-state index in [1.807, 2.05) is 0 Å². The van der Waals surface area contributed by atoms with Crippen LogP contribution in [0.3, 0.4) is 0 Å². The minimum Gasteiger partial charge on any atom is -0.478 e. The van der Waals surface area contributed by atoms with E-state index in [4.69, 9.17) is 5.11 Å². The molecule has 2 aromatic rings. The molecule has 0 spiro atoms. The van der Waals surface area contributed by atoms with E-state index < -0.39 is 5.97 Å². The normalized spacial score (nSPS) is 16.9. The van der Waals surface area contributed by atoms with Crippen LogP contribution in [-0.2, 0) is 6.42 Å². The van der Waals surface area contributed by atoms with E-state index in [1.165, 1.54) is 24.3 Å². The molecule has 0 bridgehead atoms. The largest absolute Gasteiger partial charge is 0.478 e. The molecule has 1 N–H and O–H groups in total. The van der Waals surface area contributed by atoms with Crippen molar-refractivity contribution in [1.29, 1.82) is 0 Å². The second-order valence-electron chi connectivity index (χ2n) is 6.37. The first-order valence-electron chi connectivity index (χ1n) is 8.18. The van der Waals surface area contributed by atoms with Gasteiger partial charge in [0, 0.05) is 13.1 Å². The maximum Gasteiger partial charge on any atom is 0.337 e. The number of amides is 1. The Morgan fingerprint density at radius 2 is 1.96 bits per heavy atom. The Morgan fingerprint density at radius 1 is 1.24 bits per heavy atom. The molecule has 1 amide bonds. The molecular formula is C19H19FN2O3. The van der Waals surface area contributed by atoms with Crippen LogP contribution in [0.1, 0.15) is 38.5 Å². The van der Waals surface area contributed by atoms with E-state index in [-0.39, 0.29) is 23.0 Å². The lowest BCUT2D eigenvalue weighted by molar-refractivity contribution is 0.0693. The minimum atomic E-state index is -1.05. The molecule has 1 aliphatic rings. The first-order chi connectivity index (χ1) is 11.9. The zero-order valence-corrected chi connectivity index (χ0v) is 13.9. The summed E-state index contributed by atoms with van der Waals surface area (Å²) < 4.78 is 13.0. The molecular weight excluding hydrogens is 323 g/mol. The second kappa shape index (κ2) is 7.01. The summed E-state index contributed by atoms with van der Waals surface area (Å²) >= 11 is 0. The van der Waals surface area contributed by atoms with Crippen LogP contribution in [0.2, 0.25) is 0 Å². The highest BCUT2D eigenvalue weighted by molar-refractivity contribution is 5.94. The summed E-state index contributed by atoms with van der Waals surface area (Å²) in [4.78, 5) is 29.5. The summed E-state index contributed by atoms with van der Waals surface area (Å²) in [5.74, 6) is -1.15. The molecule has 1 aromatic heterocycles. The molecule has 1 fully saturated rings. The third-order valence-corrected chi connectivity index (χ3v) is 4.55. The van der Waals surface area contributed by atoms with Crippen molar-refractivity contribution in [2.75, 3.05) is 13.1 Å². The van der Waals surface area contributed by atoms with Crippen LogP contribution >= 0.6 is 0 Å². The van der Waals surface area contributed by atoms with Gasteiger partial charge in [0.2, 0.25) is 0 Å². The Morgan fingerprint density at radius 3 is 2.60 bits per heavy atom. The van der Waals surface area contributed by atoms with Crippen molar-refractivity contribution in [2.45, 2.75) is 19.8 Å². The van der Waals surface area contributed by atoms with Gasteiger partial charge in [-0.2, -0.15) is 0 Å². The Kier molecular flexibility index (Phi) is 4.79. The molecule has 1 aromatic carbocycles. The number of carbonyl (C=O) groups excluding carboxylic acids is 1. The van der Waals surface area contributed by atoms with Gasteiger partial charge in [-0.15, -0.1) is 0 Å². The van der Waals surface area contributed by atoms with Crippen molar-refractivity contribution >= 4 is 11.9 Å². The van der Waals surface area contributed by atoms with Gasteiger partial charge in [-0.25, -0.2) is 14.2 Å². The molecule has 25 heavy (non-hydrogen) atoms. The number of hydrogen-bond donors (Lipinski definition) is 1. The number of pyridine rings is 1. The number of aryl methyl sites for hydroxylation is 1. The average Bonchev–Trinajstić information content (AvgIpc) is 3.04. The number of hydrogen-bond acceptors (Lipinski definition) is 3. The number of halogens is 1. The molecule has 6 heteroatoms. The monoisotopic (exact) mass is 342 g/mol. The number of carbonyl (C=O) groups is 2. The van der Waals surface area contributed by atoms with Gasteiger partial charge >= 0.3 is 5.97 Å². The molecule has 2 heterocycles. The van der Waals surface area contributed by atoms with Gasteiger partial charge in [0.1, 0.15) is 11.5 Å². The SMILES string of the molecule is Cc1nc(C(=O)N2CCC(Cc3ccc(F)cc3)C2)ccc1C(=O)O. The Bertz CT molecular complexity index is 805. The zero-order chi connectivity index (χ0) is 18.0. The number of aromatic nitrogens is 1. The first-order valence-corrected chi connectivity index (χ1v) is 8.18. The van der Waals surface area contributed by atoms with Gasteiger partial charge in [0.15, 0.2) is 0 Å². The molecule has 0 saturated carbocycles. The van der Waals surface area contributed by atoms with Crippen molar-refractivity contribution in [3.8, 4) is 0 Å². The van der Waals surface area contributed by atoms with Crippen LogP contribution in [0.25, 0.3) is 0 Å². The number of likely N-dealkylation sites (tertiary alicyclic amines) is 1. The summed E-state index contributed by atoms with van der Waals surface area (Å²) in [6.07, 6.45) is 1.68. The number of benzene rings is 1. The zero-order valence-electron chi connectivity index (χ0n) is 13.9. The minimum absolute atomic E-state index is 0.104. The van der Waals surface area contributed by atoms with Gasteiger partial charge in [-0.1, -0.05) is 12.1 Å². The Labute approximate surface area is 145 Å². The van der Waals surface area contributed by atoms with Crippen molar-refractivity contribution < 1.29 is 19.1 Å². The highest BCUT2D eigenvalue weighted by Gasteiger charge is 2.28. The summed E-state index contributed by atoms with van der Waals surface area (Å²) in [5, 5.41) is 9.04. The summed E-state index contributed by atoms with van der Waals surface area (Å²) in [7, 11) is 0. The topological polar surface area (TPSA) is 70.5 Å². The Balaban J connectivity index is 1.65. The fourth-order valence-electron chi connectivity index (χ4n) is 3.21. The third-order valence-electron chi connectivity index (χ3n) is 4.55. The van der Waals surface area contributed by atoms with Crippen molar-refractivity contribution in [3.63, 3.8) is 0 Å². The van der Waals surface area contributed by atoms with E-state index in [0.717, 1.165) is 18.4 Å². The summed E-state index contributed by atoms with van der Waals surface area (Å²) in [6.45, 7) is 2.85. The predicted molar refractivity (Wildman–Crippen MR) is 90.0 cm³/mol. The molecule has 0 aliphatic carbocycles. The molecule has 0 radical (unpaired) electrons. The van der Waals surface area contributed by atoms with E-state index in [1.54, 1.807) is 24.0 Å². The fraction of sp³-hybridized carbons (Fsp3) is 0.316. The van der Waals surface area contributed by atoms with Crippen LogP contribution in [0.4, 0.5) is 4.39 Å². The lowest BCUT2D eigenvalue weighted by Crippen LogP contribution is -2.30. The molecule has 1 saturated heterocycles. The van der Waals surface area contributed by atoms with Crippen LogP contribution in [0.5, 0.6) is 0 Å². The summed E-state index contributed by atoms with van der Waals surface area (Å²) in [5.41, 5.74) is 1.76. The van der Waals surface area contributed by atoms with Gasteiger partial charge in [0.25, 0.3) is 5.91 Å². The van der Waals surface area contributed by atoms with Gasteiger partial charge < -0.3 is 10.0 Å². The average molecular weight is 342 g/mol. The van der Waals surface area contributed by atoms with E-state index in [0.29, 0.717) is 24.7 Å². The van der Waals surface area contributed by atoms with Gasteiger partial charge in [-0.05, 0) is 55.5 Å². The maximum atomic E-state index is 13.0. The lowest BCUT2D eigenvalue weighted by atomic mass is 9.99. The highest BCUT2D eigenvalue weighted by atomic mass is 19.1. The molecule has 3 rings (SSSR count). The molecule has 1 unspecified atom stereocenters. The van der Waals surface area contributed by atoms with E-state index in [2.05, 4.69) is 4.98 Å². The lowest BCUT2D eigenvalue weighted by Gasteiger charge is -2.16. The fourth-order valence-corrected chi connectivity index (χ4v) is 3.21.